The van der Waals surface area contributed by atoms with Gasteiger partial charge in [0, 0.05) is 13.0 Å². The fraction of sp³-hybridized carbons (Fsp3) is 0.267. The van der Waals surface area contributed by atoms with E-state index in [4.69, 9.17) is 5.10 Å². The molecule has 0 bridgehead atoms. The van der Waals surface area contributed by atoms with Crippen LogP contribution in [0.2, 0.25) is 0 Å². The van der Waals surface area contributed by atoms with Gasteiger partial charge in [0.2, 0.25) is 0 Å². The van der Waals surface area contributed by atoms with Crippen molar-refractivity contribution in [1.29, 1.82) is 0 Å². The lowest BCUT2D eigenvalue weighted by molar-refractivity contribution is 0.257. The Balaban J connectivity index is 1.94. The van der Waals surface area contributed by atoms with Gasteiger partial charge in [-0.1, -0.05) is 43.3 Å². The van der Waals surface area contributed by atoms with Gasteiger partial charge in [-0.15, -0.1) is 11.3 Å². The van der Waals surface area contributed by atoms with Crippen LogP contribution in [-0.2, 0) is 0 Å². The number of nitrogens with zero attached hydrogens (tertiary/aromatic N) is 2. The van der Waals surface area contributed by atoms with Crippen molar-refractivity contribution < 1.29 is 0 Å². The second-order valence-corrected chi connectivity index (χ2v) is 5.63. The summed E-state index contributed by atoms with van der Waals surface area (Å²) in [6.07, 6.45) is 0. The highest BCUT2D eigenvalue weighted by molar-refractivity contribution is 7.12. The molecule has 2 aromatic rings. The zero-order valence-electron chi connectivity index (χ0n) is 10.6. The first-order valence-corrected chi connectivity index (χ1v) is 7.05. The van der Waals surface area contributed by atoms with Crippen molar-refractivity contribution in [2.24, 2.45) is 11.0 Å². The van der Waals surface area contributed by atoms with Crippen LogP contribution in [0.1, 0.15) is 23.4 Å². The summed E-state index contributed by atoms with van der Waals surface area (Å²) in [7, 11) is 2.06. The van der Waals surface area contributed by atoms with Crippen molar-refractivity contribution in [3.63, 3.8) is 0 Å². The van der Waals surface area contributed by atoms with Crippen LogP contribution in [-0.4, -0.2) is 17.8 Å². The van der Waals surface area contributed by atoms with Gasteiger partial charge in [-0.3, -0.25) is 5.01 Å². The van der Waals surface area contributed by atoms with E-state index in [9.17, 15) is 0 Å². The molecule has 1 aromatic heterocycles. The second kappa shape index (κ2) is 4.58. The molecule has 1 aromatic carbocycles. The topological polar surface area (TPSA) is 15.6 Å². The quantitative estimate of drug-likeness (QED) is 0.798. The minimum absolute atomic E-state index is 0.350. The van der Waals surface area contributed by atoms with Crippen molar-refractivity contribution in [3.8, 4) is 0 Å². The molecular weight excluding hydrogens is 240 g/mol. The van der Waals surface area contributed by atoms with Crippen LogP contribution >= 0.6 is 11.3 Å². The van der Waals surface area contributed by atoms with E-state index in [-0.39, 0.29) is 0 Å². The third-order valence-electron chi connectivity index (χ3n) is 3.49. The molecule has 0 saturated heterocycles. The number of benzene rings is 1. The van der Waals surface area contributed by atoms with Gasteiger partial charge in [0.25, 0.3) is 0 Å². The van der Waals surface area contributed by atoms with E-state index in [0.717, 1.165) is 0 Å². The average Bonchev–Trinajstić information content (AvgIpc) is 2.99. The molecule has 18 heavy (non-hydrogen) atoms. The minimum atomic E-state index is 0.350. The van der Waals surface area contributed by atoms with Gasteiger partial charge in [0.15, 0.2) is 0 Å². The molecule has 0 fully saturated rings. The second-order valence-electron chi connectivity index (χ2n) is 4.68. The molecule has 0 N–H and O–H groups in total. The highest BCUT2D eigenvalue weighted by Crippen LogP contribution is 2.36. The van der Waals surface area contributed by atoms with Gasteiger partial charge in [-0.25, -0.2) is 0 Å². The molecule has 2 nitrogen and oxygen atoms in total. The highest BCUT2D eigenvalue weighted by Gasteiger charge is 2.34. The van der Waals surface area contributed by atoms with E-state index in [1.54, 1.807) is 11.3 Å². The molecule has 1 aliphatic rings. The Labute approximate surface area is 112 Å². The summed E-state index contributed by atoms with van der Waals surface area (Å²) in [5.41, 5.74) is 2.55. The van der Waals surface area contributed by atoms with Gasteiger partial charge >= 0.3 is 0 Å². The highest BCUT2D eigenvalue weighted by atomic mass is 32.1. The van der Waals surface area contributed by atoms with Gasteiger partial charge in [0.05, 0.1) is 16.6 Å². The molecule has 92 valence electrons. The zero-order chi connectivity index (χ0) is 12.5. The molecule has 2 heterocycles. The average molecular weight is 256 g/mol. The molecule has 0 saturated carbocycles. The van der Waals surface area contributed by atoms with E-state index in [0.29, 0.717) is 12.0 Å². The lowest BCUT2D eigenvalue weighted by Crippen LogP contribution is -2.20. The van der Waals surface area contributed by atoms with E-state index >= 15 is 0 Å². The lowest BCUT2D eigenvalue weighted by atomic mass is 9.91. The molecule has 3 rings (SSSR count). The van der Waals surface area contributed by atoms with Crippen molar-refractivity contribution in [3.05, 3.63) is 58.3 Å². The normalized spacial score (nSPS) is 23.2. The SMILES string of the molecule is CC1C(c2cccs2)=NN(C)C1c1ccccc1. The number of rotatable bonds is 2. The Morgan fingerprint density at radius 3 is 2.56 bits per heavy atom. The maximum Gasteiger partial charge on any atom is 0.0829 e. The fourth-order valence-electron chi connectivity index (χ4n) is 2.65. The standard InChI is InChI=1S/C15H16N2S/c1-11-14(13-9-6-10-18-13)16-17(2)15(11)12-7-4-3-5-8-12/h3-11,15H,1-2H3. The molecule has 0 amide bonds. The van der Waals surface area contributed by atoms with Crippen LogP contribution < -0.4 is 0 Å². The van der Waals surface area contributed by atoms with Crippen molar-refractivity contribution in [2.75, 3.05) is 7.05 Å². The predicted octanol–water partition coefficient (Wildman–Crippen LogP) is 3.78. The third-order valence-corrected chi connectivity index (χ3v) is 4.38. The van der Waals surface area contributed by atoms with Crippen LogP contribution in [0.4, 0.5) is 0 Å². The van der Waals surface area contributed by atoms with Crippen LogP contribution in [0.15, 0.2) is 52.9 Å². The Kier molecular flexibility index (Phi) is 2.92. The summed E-state index contributed by atoms with van der Waals surface area (Å²) in [5, 5.41) is 8.93. The van der Waals surface area contributed by atoms with Gasteiger partial charge in [-0.05, 0) is 17.0 Å². The maximum absolute atomic E-state index is 4.73. The summed E-state index contributed by atoms with van der Waals surface area (Å²) in [5.74, 6) is 0.427. The van der Waals surface area contributed by atoms with Gasteiger partial charge < -0.3 is 0 Å². The summed E-state index contributed by atoms with van der Waals surface area (Å²) < 4.78 is 0. The summed E-state index contributed by atoms with van der Waals surface area (Å²) in [6, 6.07) is 15.2. The van der Waals surface area contributed by atoms with Crippen molar-refractivity contribution >= 4 is 17.0 Å². The smallest absolute Gasteiger partial charge is 0.0829 e. The fourth-order valence-corrected chi connectivity index (χ4v) is 3.46. The Morgan fingerprint density at radius 1 is 1.11 bits per heavy atom. The number of thiophene rings is 1. The summed E-state index contributed by atoms with van der Waals surface area (Å²) >= 11 is 1.77. The van der Waals surface area contributed by atoms with E-state index in [1.165, 1.54) is 16.2 Å². The molecule has 2 atom stereocenters. The monoisotopic (exact) mass is 256 g/mol. The number of hydrazone groups is 1. The molecule has 0 spiro atoms. The zero-order valence-corrected chi connectivity index (χ0v) is 11.4. The summed E-state index contributed by atoms with van der Waals surface area (Å²) in [4.78, 5) is 1.28. The number of hydrogen-bond acceptors (Lipinski definition) is 3. The molecule has 2 unspecified atom stereocenters. The van der Waals surface area contributed by atoms with Gasteiger partial charge in [-0.2, -0.15) is 5.10 Å². The van der Waals surface area contributed by atoms with Crippen LogP contribution in [0.25, 0.3) is 0 Å². The Hall–Kier alpha value is -1.61. The van der Waals surface area contributed by atoms with E-state index in [2.05, 4.69) is 66.8 Å². The largest absolute Gasteiger partial charge is 0.292 e. The third kappa shape index (κ3) is 1.85. The van der Waals surface area contributed by atoms with E-state index in [1.807, 2.05) is 0 Å². The van der Waals surface area contributed by atoms with Gasteiger partial charge in [0.1, 0.15) is 0 Å². The van der Waals surface area contributed by atoms with Crippen LogP contribution in [0.3, 0.4) is 0 Å². The molecule has 1 aliphatic heterocycles. The molecule has 0 aliphatic carbocycles. The van der Waals surface area contributed by atoms with E-state index < -0.39 is 0 Å². The van der Waals surface area contributed by atoms with Crippen molar-refractivity contribution in [1.82, 2.24) is 5.01 Å². The Morgan fingerprint density at radius 2 is 1.89 bits per heavy atom. The number of hydrogen-bond donors (Lipinski definition) is 0. The first-order chi connectivity index (χ1) is 8.77. The molecule has 3 heteroatoms. The van der Waals surface area contributed by atoms with Crippen molar-refractivity contribution in [2.45, 2.75) is 13.0 Å². The van der Waals surface area contributed by atoms with Crippen LogP contribution in [0, 0.1) is 5.92 Å². The first-order valence-electron chi connectivity index (χ1n) is 6.17. The summed E-state index contributed by atoms with van der Waals surface area (Å²) in [6.45, 7) is 2.26. The van der Waals surface area contributed by atoms with Crippen LogP contribution in [0.5, 0.6) is 0 Å². The molecular formula is C15H16N2S. The molecule has 0 radical (unpaired) electrons. The lowest BCUT2D eigenvalue weighted by Gasteiger charge is -2.23. The maximum atomic E-state index is 4.73. The first kappa shape index (κ1) is 11.5. The minimum Gasteiger partial charge on any atom is -0.292 e. The predicted molar refractivity (Wildman–Crippen MR) is 77.0 cm³/mol. The Bertz CT molecular complexity index is 545.